The number of anilines is 1. The molecule has 3 aromatic heterocycles. The molecular formula is C29H42N4O5. The predicted molar refractivity (Wildman–Crippen MR) is 148 cm³/mol. The van der Waals surface area contributed by atoms with Gasteiger partial charge in [-0.1, -0.05) is 13.3 Å². The van der Waals surface area contributed by atoms with Crippen molar-refractivity contribution in [2.75, 3.05) is 65.3 Å². The number of ether oxygens (including phenoxy) is 5. The first-order valence-electron chi connectivity index (χ1n) is 13.7. The minimum atomic E-state index is 0.432. The minimum Gasteiger partial charge on any atom is -0.475 e. The van der Waals surface area contributed by atoms with E-state index in [2.05, 4.69) is 47.6 Å². The van der Waals surface area contributed by atoms with Gasteiger partial charge < -0.3 is 29.0 Å². The number of rotatable bonds is 17. The Morgan fingerprint density at radius 3 is 2.39 bits per heavy atom. The quantitative estimate of drug-likeness (QED) is 0.252. The van der Waals surface area contributed by atoms with E-state index < -0.39 is 0 Å². The SMILES string of the molecule is CCC1CCC(Nc2ccnn3cc(-c4cnc(OCCOCCOCCOCCOC)cc4C)cc23)C1. The third kappa shape index (κ3) is 8.14. The van der Waals surface area contributed by atoms with Crippen molar-refractivity contribution >= 4 is 11.2 Å². The van der Waals surface area contributed by atoms with Crippen molar-refractivity contribution in [1.82, 2.24) is 14.6 Å². The molecule has 1 N–H and O–H groups in total. The second-order valence-corrected chi connectivity index (χ2v) is 9.75. The summed E-state index contributed by atoms with van der Waals surface area (Å²) in [6.45, 7) is 8.60. The Hall–Kier alpha value is -2.72. The normalized spacial score (nSPS) is 17.3. The Bertz CT molecular complexity index is 1120. The highest BCUT2D eigenvalue weighted by Crippen LogP contribution is 2.33. The molecule has 0 aromatic carbocycles. The van der Waals surface area contributed by atoms with Crippen molar-refractivity contribution in [3.8, 4) is 17.0 Å². The molecule has 9 nitrogen and oxygen atoms in total. The number of fused-ring (bicyclic) bond motifs is 1. The summed E-state index contributed by atoms with van der Waals surface area (Å²) in [6.07, 6.45) is 10.9. The fourth-order valence-corrected chi connectivity index (χ4v) is 4.88. The summed E-state index contributed by atoms with van der Waals surface area (Å²) in [4.78, 5) is 4.53. The molecule has 0 bridgehead atoms. The lowest BCUT2D eigenvalue weighted by Crippen LogP contribution is -2.16. The maximum atomic E-state index is 5.79. The maximum Gasteiger partial charge on any atom is 0.213 e. The van der Waals surface area contributed by atoms with Gasteiger partial charge in [0.2, 0.25) is 5.88 Å². The molecule has 3 aromatic rings. The van der Waals surface area contributed by atoms with Crippen molar-refractivity contribution in [2.24, 2.45) is 5.92 Å². The number of aryl methyl sites for hydroxylation is 1. The molecule has 38 heavy (non-hydrogen) atoms. The van der Waals surface area contributed by atoms with Crippen molar-refractivity contribution in [2.45, 2.75) is 45.6 Å². The van der Waals surface area contributed by atoms with Crippen LogP contribution in [0.4, 0.5) is 5.69 Å². The highest BCUT2D eigenvalue weighted by molar-refractivity contribution is 5.80. The zero-order valence-electron chi connectivity index (χ0n) is 23.0. The van der Waals surface area contributed by atoms with Crippen LogP contribution in [0, 0.1) is 12.8 Å². The Morgan fingerprint density at radius 2 is 1.71 bits per heavy atom. The number of methoxy groups -OCH3 is 1. The summed E-state index contributed by atoms with van der Waals surface area (Å²) >= 11 is 0. The van der Waals surface area contributed by atoms with Crippen LogP contribution < -0.4 is 10.1 Å². The Labute approximate surface area is 225 Å². The molecular weight excluding hydrogens is 484 g/mol. The molecule has 1 aliphatic carbocycles. The van der Waals surface area contributed by atoms with Crippen LogP contribution in [0.2, 0.25) is 0 Å². The molecule has 4 rings (SSSR count). The third-order valence-corrected chi connectivity index (χ3v) is 7.04. The van der Waals surface area contributed by atoms with E-state index in [4.69, 9.17) is 23.7 Å². The largest absolute Gasteiger partial charge is 0.475 e. The van der Waals surface area contributed by atoms with Gasteiger partial charge in [0, 0.05) is 48.9 Å². The van der Waals surface area contributed by atoms with Crippen LogP contribution in [0.15, 0.2) is 36.8 Å². The average Bonchev–Trinajstić information content (AvgIpc) is 3.57. The smallest absolute Gasteiger partial charge is 0.213 e. The Balaban J connectivity index is 1.22. The monoisotopic (exact) mass is 526 g/mol. The van der Waals surface area contributed by atoms with Gasteiger partial charge in [-0.15, -0.1) is 0 Å². The van der Waals surface area contributed by atoms with Crippen LogP contribution in [-0.4, -0.2) is 80.6 Å². The lowest BCUT2D eigenvalue weighted by atomic mass is 10.1. The molecule has 0 aliphatic heterocycles. The number of hydrogen-bond acceptors (Lipinski definition) is 8. The summed E-state index contributed by atoms with van der Waals surface area (Å²) in [6, 6.07) is 6.77. The number of nitrogens with zero attached hydrogens (tertiary/aromatic N) is 3. The fraction of sp³-hybridized carbons (Fsp3) is 0.586. The summed E-state index contributed by atoms with van der Waals surface area (Å²) < 4.78 is 29.0. The van der Waals surface area contributed by atoms with Gasteiger partial charge in [0.25, 0.3) is 0 Å². The standard InChI is InChI=1S/C29H42N4O5/c1-4-23-5-6-25(18-23)32-27-7-8-31-33-21-24(19-28(27)33)26-20-30-29(17-22(26)2)38-16-15-37-14-13-36-12-11-35-10-9-34-3/h7-8,17,19-21,23,25,32H,4-6,9-16,18H2,1-3H3. The van der Waals surface area contributed by atoms with Crippen LogP contribution in [0.1, 0.15) is 38.2 Å². The molecule has 2 atom stereocenters. The predicted octanol–water partition coefficient (Wildman–Crippen LogP) is 4.77. The maximum absolute atomic E-state index is 5.79. The summed E-state index contributed by atoms with van der Waals surface area (Å²) in [7, 11) is 1.65. The molecule has 0 radical (unpaired) electrons. The molecule has 1 saturated carbocycles. The lowest BCUT2D eigenvalue weighted by molar-refractivity contribution is 0.00000309. The number of hydrogen-bond donors (Lipinski definition) is 1. The van der Waals surface area contributed by atoms with Gasteiger partial charge in [-0.3, -0.25) is 0 Å². The summed E-state index contributed by atoms with van der Waals surface area (Å²) in [5.74, 6) is 1.43. The van der Waals surface area contributed by atoms with Gasteiger partial charge in [0.15, 0.2) is 0 Å². The van der Waals surface area contributed by atoms with E-state index >= 15 is 0 Å². The topological polar surface area (TPSA) is 88.4 Å². The van der Waals surface area contributed by atoms with E-state index in [1.54, 1.807) is 7.11 Å². The first-order chi connectivity index (χ1) is 18.7. The number of nitrogens with one attached hydrogen (secondary N) is 1. The van der Waals surface area contributed by atoms with Crippen LogP contribution in [0.3, 0.4) is 0 Å². The van der Waals surface area contributed by atoms with Crippen molar-refractivity contribution in [1.29, 1.82) is 0 Å². The van der Waals surface area contributed by atoms with Gasteiger partial charge in [-0.25, -0.2) is 9.50 Å². The van der Waals surface area contributed by atoms with E-state index in [9.17, 15) is 0 Å². The fourth-order valence-electron chi connectivity index (χ4n) is 4.88. The van der Waals surface area contributed by atoms with Crippen LogP contribution in [-0.2, 0) is 18.9 Å². The van der Waals surface area contributed by atoms with Crippen LogP contribution >= 0.6 is 0 Å². The van der Waals surface area contributed by atoms with E-state index in [1.807, 2.05) is 23.0 Å². The Morgan fingerprint density at radius 1 is 0.974 bits per heavy atom. The van der Waals surface area contributed by atoms with Gasteiger partial charge in [-0.2, -0.15) is 5.10 Å². The van der Waals surface area contributed by atoms with Gasteiger partial charge in [-0.05, 0) is 49.8 Å². The van der Waals surface area contributed by atoms with Gasteiger partial charge in [0.05, 0.1) is 57.5 Å². The van der Waals surface area contributed by atoms with Crippen molar-refractivity contribution in [3.05, 3.63) is 42.4 Å². The van der Waals surface area contributed by atoms with Crippen molar-refractivity contribution < 1.29 is 23.7 Å². The molecule has 0 saturated heterocycles. The molecule has 2 unspecified atom stereocenters. The number of aromatic nitrogens is 3. The molecule has 9 heteroatoms. The van der Waals surface area contributed by atoms with Gasteiger partial charge >= 0.3 is 0 Å². The lowest BCUT2D eigenvalue weighted by Gasteiger charge is -2.15. The second-order valence-electron chi connectivity index (χ2n) is 9.75. The molecule has 1 fully saturated rings. The third-order valence-electron chi connectivity index (χ3n) is 7.04. The zero-order chi connectivity index (χ0) is 26.6. The van der Waals surface area contributed by atoms with E-state index in [0.717, 1.165) is 33.8 Å². The molecule has 208 valence electrons. The second kappa shape index (κ2) is 15.0. The first kappa shape index (κ1) is 28.3. The molecule has 3 heterocycles. The van der Waals surface area contributed by atoms with Crippen LogP contribution in [0.5, 0.6) is 5.88 Å². The van der Waals surface area contributed by atoms with Crippen molar-refractivity contribution in [3.63, 3.8) is 0 Å². The molecule has 0 amide bonds. The molecule has 1 aliphatic rings. The molecule has 0 spiro atoms. The zero-order valence-corrected chi connectivity index (χ0v) is 23.0. The highest BCUT2D eigenvalue weighted by Gasteiger charge is 2.23. The Kier molecular flexibility index (Phi) is 11.2. The van der Waals surface area contributed by atoms with Gasteiger partial charge in [0.1, 0.15) is 6.61 Å². The average molecular weight is 527 g/mol. The van der Waals surface area contributed by atoms with Crippen LogP contribution in [0.25, 0.3) is 16.6 Å². The summed E-state index contributed by atoms with van der Waals surface area (Å²) in [5, 5.41) is 8.30. The van der Waals surface area contributed by atoms with E-state index in [0.29, 0.717) is 64.8 Å². The van der Waals surface area contributed by atoms with E-state index in [1.165, 1.54) is 25.7 Å². The first-order valence-corrected chi connectivity index (χ1v) is 13.7. The number of pyridine rings is 1. The minimum absolute atomic E-state index is 0.432. The summed E-state index contributed by atoms with van der Waals surface area (Å²) in [5.41, 5.74) is 5.49. The van der Waals surface area contributed by atoms with E-state index in [-0.39, 0.29) is 0 Å². The highest BCUT2D eigenvalue weighted by atomic mass is 16.6.